The summed E-state index contributed by atoms with van der Waals surface area (Å²) < 4.78 is 0. The molecule has 1 fully saturated rings. The van der Waals surface area contributed by atoms with Crippen molar-refractivity contribution in [1.29, 1.82) is 0 Å². The van der Waals surface area contributed by atoms with Gasteiger partial charge < -0.3 is 10.3 Å². The van der Waals surface area contributed by atoms with Crippen LogP contribution in [-0.2, 0) is 6.54 Å². The number of benzene rings is 1. The van der Waals surface area contributed by atoms with Gasteiger partial charge in [0.1, 0.15) is 5.82 Å². The summed E-state index contributed by atoms with van der Waals surface area (Å²) in [6.45, 7) is 0.906. The molecule has 1 aromatic heterocycles. The van der Waals surface area contributed by atoms with Gasteiger partial charge in [0.25, 0.3) is 0 Å². The molecule has 2 aromatic rings. The fourth-order valence-corrected chi connectivity index (χ4v) is 3.25. The van der Waals surface area contributed by atoms with Crippen LogP contribution in [0.4, 0.5) is 0 Å². The molecule has 0 bridgehead atoms. The van der Waals surface area contributed by atoms with Crippen LogP contribution in [0.3, 0.4) is 0 Å². The fraction of sp³-hybridized carbons (Fsp3) is 0.562. The summed E-state index contributed by atoms with van der Waals surface area (Å²) in [7, 11) is 4.29. The van der Waals surface area contributed by atoms with Crippen LogP contribution in [0.25, 0.3) is 11.0 Å². The van der Waals surface area contributed by atoms with Crippen molar-refractivity contribution in [3.63, 3.8) is 0 Å². The zero-order chi connectivity index (χ0) is 13.9. The summed E-state index contributed by atoms with van der Waals surface area (Å²) >= 11 is 0. The summed E-state index contributed by atoms with van der Waals surface area (Å²) in [5.74, 6) is 1.07. The monoisotopic (exact) mass is 272 g/mol. The van der Waals surface area contributed by atoms with Gasteiger partial charge in [-0.2, -0.15) is 0 Å². The fourth-order valence-electron chi connectivity index (χ4n) is 3.25. The highest BCUT2D eigenvalue weighted by atomic mass is 15.2. The zero-order valence-corrected chi connectivity index (χ0v) is 12.4. The molecule has 1 aliphatic carbocycles. The number of hydrogen-bond donors (Lipinski definition) is 2. The van der Waals surface area contributed by atoms with Crippen LogP contribution in [0.5, 0.6) is 0 Å². The van der Waals surface area contributed by atoms with Crippen LogP contribution >= 0.6 is 0 Å². The Balaban J connectivity index is 1.62. The SMILES string of the molecule is CNC1CCC(N(C)Cc2nc3ccccc3[nH]2)CC1. The van der Waals surface area contributed by atoms with Gasteiger partial charge in [0, 0.05) is 12.1 Å². The van der Waals surface area contributed by atoms with Gasteiger partial charge >= 0.3 is 0 Å². The quantitative estimate of drug-likeness (QED) is 0.899. The van der Waals surface area contributed by atoms with E-state index in [9.17, 15) is 0 Å². The molecule has 0 atom stereocenters. The van der Waals surface area contributed by atoms with Crippen molar-refractivity contribution >= 4 is 11.0 Å². The molecule has 2 N–H and O–H groups in total. The highest BCUT2D eigenvalue weighted by Gasteiger charge is 2.23. The van der Waals surface area contributed by atoms with E-state index >= 15 is 0 Å². The van der Waals surface area contributed by atoms with Crippen molar-refractivity contribution in [2.45, 2.75) is 44.3 Å². The van der Waals surface area contributed by atoms with Gasteiger partial charge in [0.2, 0.25) is 0 Å². The maximum Gasteiger partial charge on any atom is 0.121 e. The molecule has 1 aromatic carbocycles. The molecule has 0 unspecified atom stereocenters. The number of nitrogens with zero attached hydrogens (tertiary/aromatic N) is 2. The first kappa shape index (κ1) is 13.6. The van der Waals surface area contributed by atoms with E-state index in [2.05, 4.69) is 46.4 Å². The molecule has 0 aliphatic heterocycles. The van der Waals surface area contributed by atoms with E-state index in [1.54, 1.807) is 0 Å². The van der Waals surface area contributed by atoms with Gasteiger partial charge in [0.05, 0.1) is 17.6 Å². The summed E-state index contributed by atoms with van der Waals surface area (Å²) in [5.41, 5.74) is 2.20. The van der Waals surface area contributed by atoms with E-state index in [1.165, 1.54) is 25.7 Å². The third-order valence-electron chi connectivity index (χ3n) is 4.57. The minimum absolute atomic E-state index is 0.688. The first-order valence-corrected chi connectivity index (χ1v) is 7.57. The van der Waals surface area contributed by atoms with E-state index < -0.39 is 0 Å². The van der Waals surface area contributed by atoms with E-state index in [1.807, 2.05) is 12.1 Å². The van der Waals surface area contributed by atoms with Gasteiger partial charge in [-0.1, -0.05) is 12.1 Å². The Morgan fingerprint density at radius 3 is 2.70 bits per heavy atom. The number of aromatic amines is 1. The van der Waals surface area contributed by atoms with E-state index in [-0.39, 0.29) is 0 Å². The number of H-pyrrole nitrogens is 1. The number of para-hydroxylation sites is 2. The number of fused-ring (bicyclic) bond motifs is 1. The summed E-state index contributed by atoms with van der Waals surface area (Å²) in [6.07, 6.45) is 5.13. The van der Waals surface area contributed by atoms with Crippen molar-refractivity contribution in [3.05, 3.63) is 30.1 Å². The molecule has 20 heavy (non-hydrogen) atoms. The van der Waals surface area contributed by atoms with Crippen LogP contribution in [0, 0.1) is 0 Å². The Labute approximate surface area is 120 Å². The molecule has 0 spiro atoms. The van der Waals surface area contributed by atoms with Crippen molar-refractivity contribution < 1.29 is 0 Å². The third-order valence-corrected chi connectivity index (χ3v) is 4.57. The lowest BCUT2D eigenvalue weighted by atomic mass is 9.90. The Morgan fingerprint density at radius 1 is 1.25 bits per heavy atom. The number of imidazole rings is 1. The molecule has 4 heteroatoms. The number of hydrogen-bond acceptors (Lipinski definition) is 3. The topological polar surface area (TPSA) is 44.0 Å². The second-order valence-electron chi connectivity index (χ2n) is 5.91. The molecule has 0 radical (unpaired) electrons. The number of aromatic nitrogens is 2. The van der Waals surface area contributed by atoms with E-state index in [0.29, 0.717) is 12.1 Å². The summed E-state index contributed by atoms with van der Waals surface area (Å²) in [6, 6.07) is 9.64. The standard InChI is InChI=1S/C16H24N4/c1-17-12-7-9-13(10-8-12)20(2)11-16-18-14-5-3-4-6-15(14)19-16/h3-6,12-13,17H,7-11H2,1-2H3,(H,18,19). The Bertz CT molecular complexity index is 521. The zero-order valence-electron chi connectivity index (χ0n) is 12.4. The van der Waals surface area contributed by atoms with Crippen LogP contribution in [0.2, 0.25) is 0 Å². The van der Waals surface area contributed by atoms with Crippen LogP contribution in [0.1, 0.15) is 31.5 Å². The molecule has 108 valence electrons. The normalized spacial score (nSPS) is 23.6. The predicted molar refractivity (Wildman–Crippen MR) is 82.7 cm³/mol. The largest absolute Gasteiger partial charge is 0.341 e. The van der Waals surface area contributed by atoms with Gasteiger partial charge in [-0.05, 0) is 51.9 Å². The van der Waals surface area contributed by atoms with Crippen molar-refractivity contribution in [1.82, 2.24) is 20.2 Å². The van der Waals surface area contributed by atoms with Crippen LogP contribution in [0.15, 0.2) is 24.3 Å². The van der Waals surface area contributed by atoms with Gasteiger partial charge in [-0.25, -0.2) is 4.98 Å². The predicted octanol–water partition coefficient (Wildman–Crippen LogP) is 2.53. The molecule has 1 heterocycles. The molecule has 4 nitrogen and oxygen atoms in total. The van der Waals surface area contributed by atoms with E-state index in [4.69, 9.17) is 0 Å². The minimum Gasteiger partial charge on any atom is -0.341 e. The summed E-state index contributed by atoms with van der Waals surface area (Å²) in [5, 5.41) is 3.39. The lowest BCUT2D eigenvalue weighted by Gasteiger charge is -2.34. The molecule has 3 rings (SSSR count). The molecule has 0 amide bonds. The Morgan fingerprint density at radius 2 is 2.00 bits per heavy atom. The Kier molecular flexibility index (Phi) is 4.03. The second-order valence-corrected chi connectivity index (χ2v) is 5.91. The molecular formula is C16H24N4. The third kappa shape index (κ3) is 2.86. The second kappa shape index (κ2) is 5.94. The molecule has 1 saturated carbocycles. The molecule has 0 saturated heterocycles. The van der Waals surface area contributed by atoms with E-state index in [0.717, 1.165) is 23.4 Å². The number of rotatable bonds is 4. The lowest BCUT2D eigenvalue weighted by Crippen LogP contribution is -2.39. The smallest absolute Gasteiger partial charge is 0.121 e. The Hall–Kier alpha value is -1.39. The first-order chi connectivity index (χ1) is 9.76. The number of nitrogens with one attached hydrogen (secondary N) is 2. The average molecular weight is 272 g/mol. The van der Waals surface area contributed by atoms with Crippen molar-refractivity contribution in [3.8, 4) is 0 Å². The average Bonchev–Trinajstić information content (AvgIpc) is 2.89. The van der Waals surface area contributed by atoms with Crippen molar-refractivity contribution in [2.75, 3.05) is 14.1 Å². The molecular weight excluding hydrogens is 248 g/mol. The summed E-state index contributed by atoms with van der Waals surface area (Å²) in [4.78, 5) is 10.5. The van der Waals surface area contributed by atoms with Crippen LogP contribution < -0.4 is 5.32 Å². The minimum atomic E-state index is 0.688. The lowest BCUT2D eigenvalue weighted by molar-refractivity contribution is 0.167. The maximum absolute atomic E-state index is 4.67. The first-order valence-electron chi connectivity index (χ1n) is 7.57. The maximum atomic E-state index is 4.67. The highest BCUT2D eigenvalue weighted by Crippen LogP contribution is 2.23. The van der Waals surface area contributed by atoms with Crippen molar-refractivity contribution in [2.24, 2.45) is 0 Å². The van der Waals surface area contributed by atoms with Gasteiger partial charge in [-0.15, -0.1) is 0 Å². The van der Waals surface area contributed by atoms with Gasteiger partial charge in [0.15, 0.2) is 0 Å². The van der Waals surface area contributed by atoms with Crippen LogP contribution in [-0.4, -0.2) is 41.0 Å². The molecule has 1 aliphatic rings. The van der Waals surface area contributed by atoms with Gasteiger partial charge in [-0.3, -0.25) is 4.90 Å². The highest BCUT2D eigenvalue weighted by molar-refractivity contribution is 5.74.